The van der Waals surface area contributed by atoms with Crippen molar-refractivity contribution in [3.63, 3.8) is 0 Å². The summed E-state index contributed by atoms with van der Waals surface area (Å²) in [6, 6.07) is 3.85. The fourth-order valence-electron chi connectivity index (χ4n) is 2.60. The third-order valence-electron chi connectivity index (χ3n) is 3.78. The standard InChI is InChI=1S/C17H22N2O2/c1-14-8-3-2-5-12-19(14)17(21)16-15(9-4-6-13-20)10-7-11-18-16/h7,10-11,14,20H,2-3,5-6,8,12-13H2,1H3. The molecule has 1 amide bonds. The van der Waals surface area contributed by atoms with Crippen LogP contribution in [0.1, 0.15) is 55.1 Å². The largest absolute Gasteiger partial charge is 0.395 e. The Labute approximate surface area is 126 Å². The van der Waals surface area contributed by atoms with Crippen LogP contribution in [0, 0.1) is 11.8 Å². The van der Waals surface area contributed by atoms with E-state index in [0.717, 1.165) is 19.4 Å². The maximum absolute atomic E-state index is 12.8. The molecule has 4 nitrogen and oxygen atoms in total. The van der Waals surface area contributed by atoms with Gasteiger partial charge in [0.15, 0.2) is 0 Å². The molecular formula is C17H22N2O2. The van der Waals surface area contributed by atoms with Crippen LogP contribution in [0.3, 0.4) is 0 Å². The Morgan fingerprint density at radius 1 is 1.48 bits per heavy atom. The van der Waals surface area contributed by atoms with Gasteiger partial charge in [0, 0.05) is 25.2 Å². The van der Waals surface area contributed by atoms with E-state index in [2.05, 4.69) is 23.7 Å². The number of pyridine rings is 1. The van der Waals surface area contributed by atoms with Crippen molar-refractivity contribution >= 4 is 5.91 Å². The molecule has 4 heteroatoms. The van der Waals surface area contributed by atoms with Crippen molar-refractivity contribution < 1.29 is 9.90 Å². The molecule has 1 N–H and O–H groups in total. The second kappa shape index (κ2) is 7.80. The lowest BCUT2D eigenvalue weighted by Gasteiger charge is -2.27. The molecule has 0 bridgehead atoms. The van der Waals surface area contributed by atoms with Crippen LogP contribution in [0.15, 0.2) is 18.3 Å². The lowest BCUT2D eigenvalue weighted by Crippen LogP contribution is -2.39. The van der Waals surface area contributed by atoms with Gasteiger partial charge in [-0.15, -0.1) is 0 Å². The molecule has 2 rings (SSSR count). The molecular weight excluding hydrogens is 264 g/mol. The molecule has 1 atom stereocenters. The number of aliphatic hydroxyl groups is 1. The minimum absolute atomic E-state index is 0.0275. The molecule has 21 heavy (non-hydrogen) atoms. The van der Waals surface area contributed by atoms with E-state index in [-0.39, 0.29) is 18.6 Å². The average molecular weight is 286 g/mol. The molecule has 2 heterocycles. The zero-order valence-electron chi connectivity index (χ0n) is 12.5. The quantitative estimate of drug-likeness (QED) is 0.848. The Balaban J connectivity index is 2.24. The first-order valence-corrected chi connectivity index (χ1v) is 7.59. The van der Waals surface area contributed by atoms with Gasteiger partial charge in [-0.3, -0.25) is 4.79 Å². The summed E-state index contributed by atoms with van der Waals surface area (Å²) < 4.78 is 0. The highest BCUT2D eigenvalue weighted by Crippen LogP contribution is 2.19. The molecule has 0 aliphatic carbocycles. The van der Waals surface area contributed by atoms with Gasteiger partial charge >= 0.3 is 0 Å². The first kappa shape index (κ1) is 15.5. The third-order valence-corrected chi connectivity index (χ3v) is 3.78. The van der Waals surface area contributed by atoms with Gasteiger partial charge in [-0.1, -0.05) is 24.7 Å². The smallest absolute Gasteiger partial charge is 0.273 e. The topological polar surface area (TPSA) is 53.4 Å². The van der Waals surface area contributed by atoms with Crippen LogP contribution in [0.5, 0.6) is 0 Å². The second-order valence-corrected chi connectivity index (χ2v) is 5.37. The van der Waals surface area contributed by atoms with Crippen molar-refractivity contribution in [1.29, 1.82) is 0 Å². The minimum atomic E-state index is -0.0294. The van der Waals surface area contributed by atoms with E-state index in [9.17, 15) is 4.79 Å². The van der Waals surface area contributed by atoms with E-state index in [1.54, 1.807) is 12.3 Å². The molecule has 1 fully saturated rings. The van der Waals surface area contributed by atoms with E-state index in [0.29, 0.717) is 17.7 Å². The fraction of sp³-hybridized carbons (Fsp3) is 0.529. The predicted molar refractivity (Wildman–Crippen MR) is 81.8 cm³/mol. The van der Waals surface area contributed by atoms with Gasteiger partial charge in [0.2, 0.25) is 0 Å². The summed E-state index contributed by atoms with van der Waals surface area (Å²) in [6.07, 6.45) is 6.49. The number of carbonyl (C=O) groups excluding carboxylic acids is 1. The molecule has 0 spiro atoms. The maximum Gasteiger partial charge on any atom is 0.273 e. The highest BCUT2D eigenvalue weighted by atomic mass is 16.2. The summed E-state index contributed by atoms with van der Waals surface area (Å²) in [5.41, 5.74) is 1.07. The van der Waals surface area contributed by atoms with Crippen molar-refractivity contribution in [2.75, 3.05) is 13.2 Å². The lowest BCUT2D eigenvalue weighted by atomic mass is 10.1. The molecule has 1 saturated heterocycles. The molecule has 0 aromatic carbocycles. The van der Waals surface area contributed by atoms with E-state index >= 15 is 0 Å². The Morgan fingerprint density at radius 2 is 2.33 bits per heavy atom. The van der Waals surface area contributed by atoms with E-state index < -0.39 is 0 Å². The highest BCUT2D eigenvalue weighted by molar-refractivity contribution is 5.95. The summed E-state index contributed by atoms with van der Waals surface area (Å²) in [5.74, 6) is 5.78. The Bertz CT molecular complexity index is 545. The lowest BCUT2D eigenvalue weighted by molar-refractivity contribution is 0.0691. The number of likely N-dealkylation sites (tertiary alicyclic amines) is 1. The highest BCUT2D eigenvalue weighted by Gasteiger charge is 2.25. The summed E-state index contributed by atoms with van der Waals surface area (Å²) in [4.78, 5) is 18.9. The summed E-state index contributed by atoms with van der Waals surface area (Å²) >= 11 is 0. The van der Waals surface area contributed by atoms with Crippen LogP contribution >= 0.6 is 0 Å². The normalized spacial score (nSPS) is 18.6. The number of amides is 1. The van der Waals surface area contributed by atoms with E-state index in [1.807, 2.05) is 11.0 Å². The predicted octanol–water partition coefficient (Wildman–Crippen LogP) is 2.22. The van der Waals surface area contributed by atoms with Crippen molar-refractivity contribution in [1.82, 2.24) is 9.88 Å². The maximum atomic E-state index is 12.8. The zero-order chi connectivity index (χ0) is 15.1. The molecule has 0 radical (unpaired) electrons. The summed E-state index contributed by atoms with van der Waals surface area (Å²) in [6.45, 7) is 2.92. The Hall–Kier alpha value is -1.86. The van der Waals surface area contributed by atoms with Crippen LogP contribution in [-0.4, -0.2) is 40.1 Å². The number of hydrogen-bond acceptors (Lipinski definition) is 3. The number of rotatable bonds is 2. The second-order valence-electron chi connectivity index (χ2n) is 5.37. The molecule has 1 aliphatic heterocycles. The van der Waals surface area contributed by atoms with Crippen LogP contribution in [-0.2, 0) is 0 Å². The monoisotopic (exact) mass is 286 g/mol. The molecule has 112 valence electrons. The summed E-state index contributed by atoms with van der Waals surface area (Å²) in [7, 11) is 0. The van der Waals surface area contributed by atoms with Crippen LogP contribution in [0.25, 0.3) is 0 Å². The number of nitrogens with zero attached hydrogens (tertiary/aromatic N) is 2. The van der Waals surface area contributed by atoms with E-state index in [1.165, 1.54) is 12.8 Å². The minimum Gasteiger partial charge on any atom is -0.395 e. The van der Waals surface area contributed by atoms with Crippen molar-refractivity contribution in [3.05, 3.63) is 29.6 Å². The van der Waals surface area contributed by atoms with Gasteiger partial charge in [-0.05, 0) is 31.9 Å². The number of aliphatic hydroxyl groups excluding tert-OH is 1. The third kappa shape index (κ3) is 4.05. The molecule has 1 aromatic heterocycles. The zero-order valence-corrected chi connectivity index (χ0v) is 12.5. The number of hydrogen-bond donors (Lipinski definition) is 1. The summed E-state index contributed by atoms with van der Waals surface area (Å²) in [5, 5.41) is 8.80. The van der Waals surface area contributed by atoms with Gasteiger partial charge in [0.1, 0.15) is 5.69 Å². The van der Waals surface area contributed by atoms with Gasteiger partial charge in [0.25, 0.3) is 5.91 Å². The molecule has 1 aliphatic rings. The van der Waals surface area contributed by atoms with Gasteiger partial charge < -0.3 is 10.0 Å². The van der Waals surface area contributed by atoms with Gasteiger partial charge in [-0.2, -0.15) is 0 Å². The molecule has 1 unspecified atom stereocenters. The van der Waals surface area contributed by atoms with Crippen molar-refractivity contribution in [2.45, 2.75) is 45.1 Å². The first-order valence-electron chi connectivity index (χ1n) is 7.59. The Kier molecular flexibility index (Phi) is 5.77. The average Bonchev–Trinajstić information content (AvgIpc) is 2.72. The van der Waals surface area contributed by atoms with Crippen LogP contribution in [0.4, 0.5) is 0 Å². The van der Waals surface area contributed by atoms with Crippen LogP contribution < -0.4 is 0 Å². The molecule has 0 saturated carbocycles. The van der Waals surface area contributed by atoms with Crippen molar-refractivity contribution in [2.24, 2.45) is 0 Å². The van der Waals surface area contributed by atoms with Crippen molar-refractivity contribution in [3.8, 4) is 11.8 Å². The number of aromatic nitrogens is 1. The molecule has 1 aromatic rings. The van der Waals surface area contributed by atoms with Gasteiger partial charge in [0.05, 0.1) is 12.2 Å². The number of carbonyl (C=O) groups is 1. The fourth-order valence-corrected chi connectivity index (χ4v) is 2.60. The van der Waals surface area contributed by atoms with E-state index in [4.69, 9.17) is 5.11 Å². The SMILES string of the molecule is CC1CCCCCN1C(=O)c1ncccc1C#CCCO. The first-order chi connectivity index (χ1) is 10.2. The van der Waals surface area contributed by atoms with Crippen LogP contribution in [0.2, 0.25) is 0 Å². The van der Waals surface area contributed by atoms with Gasteiger partial charge in [-0.25, -0.2) is 4.98 Å². The Morgan fingerprint density at radius 3 is 3.14 bits per heavy atom.